The molecule has 0 unspecified atom stereocenters. The van der Waals surface area contributed by atoms with Gasteiger partial charge in [0.05, 0.1) is 12.5 Å². The first kappa shape index (κ1) is 13.5. The number of hydrogen-bond acceptors (Lipinski definition) is 3. The molecule has 0 aliphatic heterocycles. The van der Waals surface area contributed by atoms with Gasteiger partial charge in [-0.25, -0.2) is 0 Å². The molecule has 1 aromatic rings. The largest absolute Gasteiger partial charge is 0.573 e. The van der Waals surface area contributed by atoms with E-state index in [2.05, 4.69) is 4.74 Å². The number of alkyl halides is 3. The second-order valence-electron chi connectivity index (χ2n) is 4.25. The quantitative estimate of drug-likeness (QED) is 0.898. The highest BCUT2D eigenvalue weighted by atomic mass is 19.4. The van der Waals surface area contributed by atoms with Crippen molar-refractivity contribution in [2.45, 2.75) is 12.8 Å². The van der Waals surface area contributed by atoms with Crippen LogP contribution < -0.4 is 9.47 Å². The highest BCUT2D eigenvalue weighted by Crippen LogP contribution is 2.40. The standard InChI is InChI=1S/C12H11F3O4/c13-12(14,15)19-10-4-2-1-3-9(10)18-6-7-5-8(7)11(16)17/h1-4,7-8H,5-6H2,(H,16,17)/t7-,8+/m0/s1. The first-order valence-electron chi connectivity index (χ1n) is 5.57. The van der Waals surface area contributed by atoms with Crippen molar-refractivity contribution in [3.05, 3.63) is 24.3 Å². The predicted molar refractivity (Wildman–Crippen MR) is 57.9 cm³/mol. The van der Waals surface area contributed by atoms with Gasteiger partial charge in [0, 0.05) is 5.92 Å². The van der Waals surface area contributed by atoms with E-state index in [0.29, 0.717) is 6.42 Å². The van der Waals surface area contributed by atoms with E-state index >= 15 is 0 Å². The molecular weight excluding hydrogens is 265 g/mol. The molecule has 1 saturated carbocycles. The lowest BCUT2D eigenvalue weighted by Gasteiger charge is -2.13. The molecule has 19 heavy (non-hydrogen) atoms. The third kappa shape index (κ3) is 3.77. The minimum Gasteiger partial charge on any atom is -0.489 e. The van der Waals surface area contributed by atoms with E-state index in [9.17, 15) is 18.0 Å². The molecule has 1 aliphatic rings. The van der Waals surface area contributed by atoms with Crippen molar-refractivity contribution in [1.29, 1.82) is 0 Å². The van der Waals surface area contributed by atoms with Crippen LogP contribution >= 0.6 is 0 Å². The first-order valence-corrected chi connectivity index (χ1v) is 5.57. The average Bonchev–Trinajstić information content (AvgIpc) is 3.05. The Labute approximate surface area is 106 Å². The maximum absolute atomic E-state index is 12.1. The van der Waals surface area contributed by atoms with Gasteiger partial charge in [-0.1, -0.05) is 12.1 Å². The minimum absolute atomic E-state index is 0.0455. The molecule has 1 aliphatic carbocycles. The van der Waals surface area contributed by atoms with E-state index in [-0.39, 0.29) is 18.3 Å². The molecule has 0 bridgehead atoms. The lowest BCUT2D eigenvalue weighted by atomic mass is 10.3. The van der Waals surface area contributed by atoms with Crippen molar-refractivity contribution in [1.82, 2.24) is 0 Å². The van der Waals surface area contributed by atoms with Gasteiger partial charge >= 0.3 is 12.3 Å². The molecule has 0 saturated heterocycles. The minimum atomic E-state index is -4.79. The molecule has 7 heteroatoms. The fourth-order valence-electron chi connectivity index (χ4n) is 1.71. The van der Waals surface area contributed by atoms with Gasteiger partial charge in [-0.2, -0.15) is 0 Å². The maximum atomic E-state index is 12.1. The summed E-state index contributed by atoms with van der Waals surface area (Å²) in [6.45, 7) is 0.0647. The summed E-state index contributed by atoms with van der Waals surface area (Å²) in [5, 5.41) is 8.70. The summed E-state index contributed by atoms with van der Waals surface area (Å²) in [6.07, 6.45) is -4.31. The van der Waals surface area contributed by atoms with E-state index in [1.54, 1.807) is 0 Å². The molecular formula is C12H11F3O4. The predicted octanol–water partition coefficient (Wildman–Crippen LogP) is 2.68. The Bertz CT molecular complexity index is 472. The van der Waals surface area contributed by atoms with E-state index in [4.69, 9.17) is 9.84 Å². The summed E-state index contributed by atoms with van der Waals surface area (Å²) in [5.74, 6) is -2.00. The second-order valence-corrected chi connectivity index (χ2v) is 4.25. The summed E-state index contributed by atoms with van der Waals surface area (Å²) in [6, 6.07) is 5.40. The topological polar surface area (TPSA) is 55.8 Å². The van der Waals surface area contributed by atoms with Crippen LogP contribution in [0.3, 0.4) is 0 Å². The van der Waals surface area contributed by atoms with Gasteiger partial charge in [-0.05, 0) is 18.6 Å². The van der Waals surface area contributed by atoms with Crippen molar-refractivity contribution in [2.24, 2.45) is 11.8 Å². The fraction of sp³-hybridized carbons (Fsp3) is 0.417. The Kier molecular flexibility index (Phi) is 3.55. The van der Waals surface area contributed by atoms with Gasteiger partial charge in [-0.3, -0.25) is 4.79 Å². The molecule has 0 heterocycles. The number of benzene rings is 1. The van der Waals surface area contributed by atoms with Gasteiger partial charge < -0.3 is 14.6 Å². The number of para-hydroxylation sites is 2. The van der Waals surface area contributed by atoms with Crippen molar-refractivity contribution in [3.63, 3.8) is 0 Å². The molecule has 2 atom stereocenters. The van der Waals surface area contributed by atoms with E-state index in [1.165, 1.54) is 18.2 Å². The molecule has 1 fully saturated rings. The van der Waals surface area contributed by atoms with Crippen molar-refractivity contribution < 1.29 is 32.5 Å². The molecule has 0 amide bonds. The molecule has 1 N–H and O–H groups in total. The Balaban J connectivity index is 1.95. The van der Waals surface area contributed by atoms with Crippen LogP contribution in [0.15, 0.2) is 24.3 Å². The first-order chi connectivity index (χ1) is 8.87. The van der Waals surface area contributed by atoms with Crippen LogP contribution in [-0.4, -0.2) is 24.0 Å². The smallest absolute Gasteiger partial charge is 0.489 e. The number of carboxylic acid groups (broad SMARTS) is 1. The highest BCUT2D eigenvalue weighted by molar-refractivity contribution is 5.73. The van der Waals surface area contributed by atoms with Gasteiger partial charge in [-0.15, -0.1) is 13.2 Å². The Morgan fingerprint density at radius 1 is 1.32 bits per heavy atom. The van der Waals surface area contributed by atoms with Crippen LogP contribution in [0.25, 0.3) is 0 Å². The van der Waals surface area contributed by atoms with Crippen molar-refractivity contribution in [2.75, 3.05) is 6.61 Å². The molecule has 104 valence electrons. The monoisotopic (exact) mass is 276 g/mol. The van der Waals surface area contributed by atoms with Gasteiger partial charge in [0.15, 0.2) is 11.5 Å². The Hall–Kier alpha value is -1.92. The molecule has 0 aromatic heterocycles. The van der Waals surface area contributed by atoms with Crippen LogP contribution in [0.1, 0.15) is 6.42 Å². The molecule has 2 rings (SSSR count). The van der Waals surface area contributed by atoms with Crippen molar-refractivity contribution >= 4 is 5.97 Å². The fourth-order valence-corrected chi connectivity index (χ4v) is 1.71. The molecule has 0 radical (unpaired) electrons. The number of halogens is 3. The number of rotatable bonds is 5. The summed E-state index contributed by atoms with van der Waals surface area (Å²) >= 11 is 0. The number of carboxylic acids is 1. The third-order valence-corrected chi connectivity index (χ3v) is 2.77. The van der Waals surface area contributed by atoms with Crippen LogP contribution in [0.2, 0.25) is 0 Å². The lowest BCUT2D eigenvalue weighted by molar-refractivity contribution is -0.275. The van der Waals surface area contributed by atoms with E-state index in [1.807, 2.05) is 0 Å². The maximum Gasteiger partial charge on any atom is 0.573 e. The van der Waals surface area contributed by atoms with Crippen LogP contribution in [0, 0.1) is 11.8 Å². The summed E-state index contributed by atoms with van der Waals surface area (Å²) in [7, 11) is 0. The van der Waals surface area contributed by atoms with Crippen LogP contribution in [0.4, 0.5) is 13.2 Å². The zero-order valence-corrected chi connectivity index (χ0v) is 9.68. The average molecular weight is 276 g/mol. The summed E-state index contributed by atoms with van der Waals surface area (Å²) in [5.41, 5.74) is 0. The number of hydrogen-bond donors (Lipinski definition) is 1. The second kappa shape index (κ2) is 4.99. The number of carbonyl (C=O) groups is 1. The van der Waals surface area contributed by atoms with Gasteiger partial charge in [0.1, 0.15) is 0 Å². The normalized spacial score (nSPS) is 21.8. The Morgan fingerprint density at radius 3 is 2.47 bits per heavy atom. The highest BCUT2D eigenvalue weighted by Gasteiger charge is 2.43. The SMILES string of the molecule is O=C(O)[C@@H]1C[C@H]1COc1ccccc1OC(F)(F)F. The molecule has 4 nitrogen and oxygen atoms in total. The van der Waals surface area contributed by atoms with Gasteiger partial charge in [0.25, 0.3) is 0 Å². The van der Waals surface area contributed by atoms with E-state index in [0.717, 1.165) is 6.07 Å². The Morgan fingerprint density at radius 2 is 1.95 bits per heavy atom. The molecule has 0 spiro atoms. The van der Waals surface area contributed by atoms with Crippen molar-refractivity contribution in [3.8, 4) is 11.5 Å². The molecule has 1 aromatic carbocycles. The summed E-state index contributed by atoms with van der Waals surface area (Å²) < 4.78 is 45.5. The lowest BCUT2D eigenvalue weighted by Crippen LogP contribution is -2.18. The van der Waals surface area contributed by atoms with E-state index < -0.39 is 24.0 Å². The zero-order chi connectivity index (χ0) is 14.0. The number of ether oxygens (including phenoxy) is 2. The van der Waals surface area contributed by atoms with Crippen LogP contribution in [-0.2, 0) is 4.79 Å². The van der Waals surface area contributed by atoms with Gasteiger partial charge in [0.2, 0.25) is 0 Å². The summed E-state index contributed by atoms with van der Waals surface area (Å²) in [4.78, 5) is 10.6. The number of aliphatic carboxylic acids is 1. The zero-order valence-electron chi connectivity index (χ0n) is 9.68. The third-order valence-electron chi connectivity index (χ3n) is 2.77. The van der Waals surface area contributed by atoms with Crippen LogP contribution in [0.5, 0.6) is 11.5 Å².